The van der Waals surface area contributed by atoms with Crippen LogP contribution in [0.5, 0.6) is 0 Å². The topological polar surface area (TPSA) is 12.4 Å². The SMILES string of the molecule is ClC1=IC=NC=C1. The van der Waals surface area contributed by atoms with Crippen LogP contribution in [0.15, 0.2) is 17.3 Å². The van der Waals surface area contributed by atoms with E-state index >= 15 is 0 Å². The lowest BCUT2D eigenvalue weighted by atomic mass is 10.7. The summed E-state index contributed by atoms with van der Waals surface area (Å²) in [5.74, 6) is 0. The Kier molecular flexibility index (Phi) is 2.00. The first-order chi connectivity index (χ1) is 3.39. The predicted octanol–water partition coefficient (Wildman–Crippen LogP) is 1.88. The molecule has 1 rings (SSSR count). The first-order valence-corrected chi connectivity index (χ1v) is 4.44. The fraction of sp³-hybridized carbons (Fsp3) is 0. The van der Waals surface area contributed by atoms with Gasteiger partial charge in [-0.15, -0.1) is 0 Å². The van der Waals surface area contributed by atoms with Crippen molar-refractivity contribution in [2.24, 2.45) is 4.99 Å². The van der Waals surface area contributed by atoms with Gasteiger partial charge in [-0.2, -0.15) is 0 Å². The van der Waals surface area contributed by atoms with Crippen LogP contribution in [0.4, 0.5) is 0 Å². The number of allylic oxidation sites excluding steroid dienone is 1. The molecule has 0 saturated carbocycles. The second-order valence-corrected chi connectivity index (χ2v) is 4.35. The van der Waals surface area contributed by atoms with Crippen molar-refractivity contribution < 1.29 is 0 Å². The third-order valence-corrected chi connectivity index (χ3v) is 2.73. The Morgan fingerprint density at radius 2 is 2.57 bits per heavy atom. The van der Waals surface area contributed by atoms with Crippen LogP contribution in [0.1, 0.15) is 0 Å². The summed E-state index contributed by atoms with van der Waals surface area (Å²) < 4.78 is 2.86. The Labute approximate surface area is 56.8 Å². The number of hydrogen-bond donors (Lipinski definition) is 0. The van der Waals surface area contributed by atoms with Gasteiger partial charge in [0.1, 0.15) is 0 Å². The van der Waals surface area contributed by atoms with Crippen LogP contribution < -0.4 is 0 Å². The third-order valence-electron chi connectivity index (χ3n) is 0.496. The summed E-state index contributed by atoms with van der Waals surface area (Å²) in [6.45, 7) is 0. The molecular formula is C4H3ClIN. The molecule has 0 N–H and O–H groups in total. The summed E-state index contributed by atoms with van der Waals surface area (Å²) in [7, 11) is 0. The van der Waals surface area contributed by atoms with E-state index in [0.29, 0.717) is 0 Å². The van der Waals surface area contributed by atoms with E-state index in [1.165, 1.54) is 0 Å². The molecule has 0 bridgehead atoms. The van der Waals surface area contributed by atoms with E-state index < -0.39 is 0 Å². The molecule has 3 heteroatoms. The quantitative estimate of drug-likeness (QED) is 0.560. The highest BCUT2D eigenvalue weighted by Gasteiger charge is 1.83. The number of halogens is 2. The molecule has 0 aromatic carbocycles. The number of aliphatic imine (C=N–C) groups is 1. The summed E-state index contributed by atoms with van der Waals surface area (Å²) >= 11 is 5.56. The molecule has 0 radical (unpaired) electrons. The summed E-state index contributed by atoms with van der Waals surface area (Å²) in [4.78, 5) is 3.87. The summed E-state index contributed by atoms with van der Waals surface area (Å²) in [5, 5.41) is 0. The van der Waals surface area contributed by atoms with Crippen LogP contribution in [-0.2, 0) is 0 Å². The average molecular weight is 227 g/mol. The van der Waals surface area contributed by atoms with Gasteiger partial charge in [0.15, 0.2) is 0 Å². The van der Waals surface area contributed by atoms with Crippen LogP contribution in [-0.4, -0.2) is 7.19 Å². The van der Waals surface area contributed by atoms with Crippen LogP contribution in [0.25, 0.3) is 0 Å². The Hall–Kier alpha value is 0.300. The average Bonchev–Trinajstić information content (AvgIpc) is 1.69. The Morgan fingerprint density at radius 3 is 2.86 bits per heavy atom. The first-order valence-electron chi connectivity index (χ1n) is 1.73. The van der Waals surface area contributed by atoms with Gasteiger partial charge in [0, 0.05) is 6.20 Å². The number of nitrogens with zero attached hydrogens (tertiary/aromatic N) is 1. The van der Waals surface area contributed by atoms with Gasteiger partial charge in [0.05, 0.1) is 7.19 Å². The normalized spacial score (nSPS) is 18.1. The zero-order chi connectivity index (χ0) is 5.11. The summed E-state index contributed by atoms with van der Waals surface area (Å²) in [6.07, 6.45) is 3.56. The minimum absolute atomic E-state index is 0.0444. The van der Waals surface area contributed by atoms with Gasteiger partial charge in [-0.25, -0.2) is 0 Å². The molecule has 0 aliphatic carbocycles. The molecule has 0 spiro atoms. The molecule has 0 fully saturated rings. The zero-order valence-corrected chi connectivity index (χ0v) is 6.35. The van der Waals surface area contributed by atoms with Crippen molar-refractivity contribution in [1.82, 2.24) is 0 Å². The van der Waals surface area contributed by atoms with Crippen molar-refractivity contribution in [2.45, 2.75) is 0 Å². The maximum absolute atomic E-state index is 5.60. The van der Waals surface area contributed by atoms with Crippen LogP contribution in [0, 0.1) is 0 Å². The molecule has 1 aliphatic heterocycles. The lowest BCUT2D eigenvalue weighted by molar-refractivity contribution is 1.63. The smallest absolute Gasteiger partial charge is 0.0764 e. The minimum atomic E-state index is -0.0444. The highest BCUT2D eigenvalue weighted by molar-refractivity contribution is 14.2. The van der Waals surface area contributed by atoms with E-state index in [-0.39, 0.29) is 20.7 Å². The van der Waals surface area contributed by atoms with Crippen LogP contribution in [0.3, 0.4) is 0 Å². The molecular weight excluding hydrogens is 224 g/mol. The first kappa shape index (κ1) is 5.44. The molecule has 0 atom stereocenters. The summed E-state index contributed by atoms with van der Waals surface area (Å²) in [6, 6.07) is 0. The Morgan fingerprint density at radius 1 is 1.71 bits per heavy atom. The molecule has 0 aromatic rings. The lowest BCUT2D eigenvalue weighted by Gasteiger charge is -1.85. The van der Waals surface area contributed by atoms with Gasteiger partial charge in [-0.3, -0.25) is 4.99 Å². The molecule has 7 heavy (non-hydrogen) atoms. The van der Waals surface area contributed by atoms with Crippen molar-refractivity contribution in [1.29, 1.82) is 0 Å². The number of rotatable bonds is 0. The maximum Gasteiger partial charge on any atom is 0.0764 e. The molecule has 1 heterocycles. The van der Waals surface area contributed by atoms with Gasteiger partial charge in [-0.1, -0.05) is 32.3 Å². The largest absolute Gasteiger partial charge is 0.259 e. The van der Waals surface area contributed by atoms with Crippen molar-refractivity contribution in [3.63, 3.8) is 0 Å². The fourth-order valence-corrected chi connectivity index (χ4v) is 1.53. The molecule has 1 nitrogen and oxygen atoms in total. The molecule has 38 valence electrons. The molecule has 1 aliphatic rings. The molecule has 0 unspecified atom stereocenters. The van der Waals surface area contributed by atoms with E-state index in [2.05, 4.69) is 4.99 Å². The van der Waals surface area contributed by atoms with Crippen molar-refractivity contribution in [2.75, 3.05) is 0 Å². The molecule has 0 amide bonds. The predicted molar refractivity (Wildman–Crippen MR) is 42.5 cm³/mol. The van der Waals surface area contributed by atoms with E-state index in [0.717, 1.165) is 2.97 Å². The van der Waals surface area contributed by atoms with Gasteiger partial charge >= 0.3 is 0 Å². The Balaban J connectivity index is 2.82. The number of hydrogen-bond acceptors (Lipinski definition) is 1. The van der Waals surface area contributed by atoms with Gasteiger partial charge < -0.3 is 0 Å². The van der Waals surface area contributed by atoms with Crippen LogP contribution in [0.2, 0.25) is 0 Å². The van der Waals surface area contributed by atoms with Crippen molar-refractivity contribution in [3.8, 4) is 0 Å². The Bertz CT molecular complexity index is 148. The van der Waals surface area contributed by atoms with E-state index in [9.17, 15) is 0 Å². The van der Waals surface area contributed by atoms with Crippen LogP contribution >= 0.6 is 32.3 Å². The van der Waals surface area contributed by atoms with Gasteiger partial charge in [0.25, 0.3) is 0 Å². The van der Waals surface area contributed by atoms with E-state index in [1.54, 1.807) is 6.20 Å². The highest BCUT2D eigenvalue weighted by atomic mass is 127. The zero-order valence-electron chi connectivity index (χ0n) is 3.44. The fourth-order valence-electron chi connectivity index (χ4n) is 0.243. The minimum Gasteiger partial charge on any atom is -0.259 e. The summed E-state index contributed by atoms with van der Waals surface area (Å²) in [5.41, 5.74) is 0. The third kappa shape index (κ3) is 1.69. The molecule has 0 saturated heterocycles. The standard InChI is InChI=1S/C4H3ClIN/c5-4-1-2-7-3-6-4/h1-3H. The monoisotopic (exact) mass is 227 g/mol. The maximum atomic E-state index is 5.60. The van der Waals surface area contributed by atoms with Crippen molar-refractivity contribution in [3.05, 3.63) is 12.3 Å². The van der Waals surface area contributed by atoms with E-state index in [4.69, 9.17) is 11.6 Å². The molecule has 0 aromatic heterocycles. The van der Waals surface area contributed by atoms with Gasteiger partial charge in [-0.05, 0) is 6.08 Å². The lowest BCUT2D eigenvalue weighted by Crippen LogP contribution is -1.74. The second-order valence-electron chi connectivity index (χ2n) is 0.961. The highest BCUT2D eigenvalue weighted by Crippen LogP contribution is 2.05. The second kappa shape index (κ2) is 2.57. The van der Waals surface area contributed by atoms with Crippen molar-refractivity contribution >= 4 is 39.5 Å². The van der Waals surface area contributed by atoms with E-state index in [1.807, 2.05) is 10.3 Å². The van der Waals surface area contributed by atoms with Gasteiger partial charge in [0.2, 0.25) is 0 Å².